The quantitative estimate of drug-likeness (QED) is 0.695. The van der Waals surface area contributed by atoms with Crippen molar-refractivity contribution in [1.29, 1.82) is 0 Å². The highest BCUT2D eigenvalue weighted by Crippen LogP contribution is 2.44. The Labute approximate surface area is 134 Å². The second-order valence-electron chi connectivity index (χ2n) is 5.77. The molecule has 0 atom stereocenters. The van der Waals surface area contributed by atoms with Gasteiger partial charge in [-0.2, -0.15) is 0 Å². The van der Waals surface area contributed by atoms with E-state index in [1.54, 1.807) is 0 Å². The summed E-state index contributed by atoms with van der Waals surface area (Å²) >= 11 is 6.56. The molecule has 0 saturated carbocycles. The zero-order chi connectivity index (χ0) is 15.1. The molecular weight excluding hydrogens is 296 g/mol. The predicted molar refractivity (Wildman–Crippen MR) is 88.3 cm³/mol. The van der Waals surface area contributed by atoms with Crippen molar-refractivity contribution in [2.45, 2.75) is 25.7 Å². The van der Waals surface area contributed by atoms with E-state index in [4.69, 9.17) is 16.3 Å². The number of para-hydroxylation sites is 1. The number of benzene rings is 2. The lowest BCUT2D eigenvalue weighted by Gasteiger charge is -2.19. The molecule has 110 valence electrons. The smallest absolute Gasteiger partial charge is 0.152 e. The molecule has 22 heavy (non-hydrogen) atoms. The molecular formula is C19H15ClO2. The van der Waals surface area contributed by atoms with Crippen molar-refractivity contribution < 1.29 is 9.53 Å². The van der Waals surface area contributed by atoms with Crippen molar-refractivity contribution in [1.82, 2.24) is 0 Å². The Balaban J connectivity index is 1.99. The van der Waals surface area contributed by atoms with Crippen LogP contribution in [0.25, 0.3) is 10.6 Å². The molecule has 0 fully saturated rings. The van der Waals surface area contributed by atoms with Crippen LogP contribution in [0, 0.1) is 0 Å². The van der Waals surface area contributed by atoms with Gasteiger partial charge in [-0.1, -0.05) is 29.8 Å². The third kappa shape index (κ3) is 2.06. The molecule has 0 N–H and O–H groups in total. The third-order valence-electron chi connectivity index (χ3n) is 4.43. The van der Waals surface area contributed by atoms with Gasteiger partial charge in [0, 0.05) is 16.7 Å². The van der Waals surface area contributed by atoms with Crippen LogP contribution in [0.2, 0.25) is 0 Å². The molecule has 1 aliphatic carbocycles. The summed E-state index contributed by atoms with van der Waals surface area (Å²) in [6, 6.07) is 11.7. The van der Waals surface area contributed by atoms with E-state index in [2.05, 4.69) is 12.1 Å². The molecule has 4 rings (SSSR count). The molecule has 0 amide bonds. The van der Waals surface area contributed by atoms with Crippen LogP contribution >= 0.6 is 11.6 Å². The molecule has 2 nitrogen and oxygen atoms in total. The van der Waals surface area contributed by atoms with E-state index in [0.717, 1.165) is 36.0 Å². The highest BCUT2D eigenvalue weighted by Gasteiger charge is 2.24. The van der Waals surface area contributed by atoms with Crippen LogP contribution in [0.3, 0.4) is 0 Å². The summed E-state index contributed by atoms with van der Waals surface area (Å²) in [6.45, 7) is 0. The Hall–Kier alpha value is -2.06. The summed E-state index contributed by atoms with van der Waals surface area (Å²) in [5.41, 5.74) is 4.72. The molecule has 2 aromatic carbocycles. The van der Waals surface area contributed by atoms with Gasteiger partial charge in [0.05, 0.1) is 5.03 Å². The van der Waals surface area contributed by atoms with Crippen LogP contribution in [0.1, 0.15) is 35.1 Å². The number of hydrogen-bond donors (Lipinski definition) is 0. The van der Waals surface area contributed by atoms with Crippen LogP contribution < -0.4 is 4.74 Å². The Morgan fingerprint density at radius 2 is 1.68 bits per heavy atom. The Morgan fingerprint density at radius 1 is 0.955 bits per heavy atom. The first-order chi connectivity index (χ1) is 10.8. The highest BCUT2D eigenvalue weighted by atomic mass is 35.5. The minimum absolute atomic E-state index is 0.475. The number of aryl methyl sites for hydroxylation is 2. The van der Waals surface area contributed by atoms with Gasteiger partial charge in [0.25, 0.3) is 0 Å². The second-order valence-corrected chi connectivity index (χ2v) is 6.15. The summed E-state index contributed by atoms with van der Waals surface area (Å²) in [7, 11) is 0. The number of ether oxygens (including phenoxy) is 1. The van der Waals surface area contributed by atoms with E-state index in [1.165, 1.54) is 24.0 Å². The molecule has 0 unspecified atom stereocenters. The summed E-state index contributed by atoms with van der Waals surface area (Å²) < 4.78 is 6.09. The minimum Gasteiger partial charge on any atom is -0.456 e. The lowest BCUT2D eigenvalue weighted by atomic mass is 9.89. The number of aldehydes is 1. The zero-order valence-corrected chi connectivity index (χ0v) is 12.8. The van der Waals surface area contributed by atoms with Crippen molar-refractivity contribution in [3.8, 4) is 11.5 Å². The first-order valence-electron chi connectivity index (χ1n) is 7.56. The average molecular weight is 311 g/mol. The summed E-state index contributed by atoms with van der Waals surface area (Å²) in [5, 5.41) is 0.475. The fourth-order valence-corrected chi connectivity index (χ4v) is 3.59. The largest absolute Gasteiger partial charge is 0.456 e. The Bertz CT molecular complexity index is 805. The van der Waals surface area contributed by atoms with Crippen molar-refractivity contribution in [2.75, 3.05) is 0 Å². The van der Waals surface area contributed by atoms with Crippen LogP contribution in [-0.2, 0) is 17.6 Å². The number of carbonyl (C=O) groups is 1. The van der Waals surface area contributed by atoms with E-state index in [-0.39, 0.29) is 0 Å². The van der Waals surface area contributed by atoms with Crippen molar-refractivity contribution in [2.24, 2.45) is 0 Å². The zero-order valence-electron chi connectivity index (χ0n) is 12.1. The van der Waals surface area contributed by atoms with Crippen LogP contribution in [0.4, 0.5) is 0 Å². The van der Waals surface area contributed by atoms with Gasteiger partial charge in [0.1, 0.15) is 11.5 Å². The standard InChI is InChI=1S/C19H15ClO2/c20-19-15-9-12-5-1-2-6-13(12)10-18(15)22-17-8-4-3-7-14(17)16(19)11-21/h3-4,7-11H,1-2,5-6H2. The number of hydrogen-bond acceptors (Lipinski definition) is 2. The van der Waals surface area contributed by atoms with E-state index in [1.807, 2.05) is 24.3 Å². The van der Waals surface area contributed by atoms with Crippen molar-refractivity contribution in [3.05, 3.63) is 58.7 Å². The van der Waals surface area contributed by atoms with Crippen molar-refractivity contribution >= 4 is 28.5 Å². The Morgan fingerprint density at radius 3 is 2.45 bits per heavy atom. The number of fused-ring (bicyclic) bond motifs is 3. The maximum atomic E-state index is 11.6. The van der Waals surface area contributed by atoms with Crippen molar-refractivity contribution in [3.63, 3.8) is 0 Å². The molecule has 0 radical (unpaired) electrons. The van der Waals surface area contributed by atoms with Gasteiger partial charge >= 0.3 is 0 Å². The molecule has 0 bridgehead atoms. The fraction of sp³-hybridized carbons (Fsp3) is 0.211. The van der Waals surface area contributed by atoms with E-state index in [0.29, 0.717) is 16.4 Å². The molecule has 0 saturated heterocycles. The molecule has 0 aromatic heterocycles. The number of halogens is 1. The first-order valence-corrected chi connectivity index (χ1v) is 7.94. The average Bonchev–Trinajstić information content (AvgIpc) is 2.67. The summed E-state index contributed by atoms with van der Waals surface area (Å²) in [5.74, 6) is 1.42. The fourth-order valence-electron chi connectivity index (χ4n) is 3.29. The topological polar surface area (TPSA) is 26.3 Å². The van der Waals surface area contributed by atoms with E-state index < -0.39 is 0 Å². The third-order valence-corrected chi connectivity index (χ3v) is 4.84. The SMILES string of the molecule is O=CC1=C(Cl)c2cc3c(cc2Oc2ccccc21)CCCC3. The van der Waals surface area contributed by atoms with Crippen LogP contribution in [0.15, 0.2) is 36.4 Å². The maximum absolute atomic E-state index is 11.6. The van der Waals surface area contributed by atoms with Crippen LogP contribution in [-0.4, -0.2) is 6.29 Å². The van der Waals surface area contributed by atoms with E-state index >= 15 is 0 Å². The predicted octanol–water partition coefficient (Wildman–Crippen LogP) is 4.98. The molecule has 1 aliphatic heterocycles. The lowest BCUT2D eigenvalue weighted by molar-refractivity contribution is -0.103. The lowest BCUT2D eigenvalue weighted by Crippen LogP contribution is -2.04. The number of allylic oxidation sites excluding steroid dienone is 1. The first kappa shape index (κ1) is 13.6. The summed E-state index contributed by atoms with van der Waals surface area (Å²) in [4.78, 5) is 11.6. The number of carbonyl (C=O) groups excluding carboxylic acids is 1. The normalized spacial score (nSPS) is 16.0. The summed E-state index contributed by atoms with van der Waals surface area (Å²) in [6.07, 6.45) is 5.38. The monoisotopic (exact) mass is 310 g/mol. The van der Waals surface area contributed by atoms with E-state index in [9.17, 15) is 4.79 Å². The minimum atomic E-state index is 0.475. The van der Waals surface area contributed by atoms with Gasteiger partial charge in [-0.15, -0.1) is 0 Å². The highest BCUT2D eigenvalue weighted by molar-refractivity contribution is 6.56. The van der Waals surface area contributed by atoms with Crippen LogP contribution in [0.5, 0.6) is 11.5 Å². The van der Waals surface area contributed by atoms with Gasteiger partial charge in [-0.3, -0.25) is 4.79 Å². The molecule has 3 heteroatoms. The Kier molecular flexibility index (Phi) is 3.27. The second kappa shape index (κ2) is 5.29. The molecule has 2 aliphatic rings. The molecule has 0 spiro atoms. The maximum Gasteiger partial charge on any atom is 0.152 e. The van der Waals surface area contributed by atoms with Gasteiger partial charge in [0.15, 0.2) is 6.29 Å². The van der Waals surface area contributed by atoms with Gasteiger partial charge < -0.3 is 4.74 Å². The molecule has 2 aromatic rings. The molecule has 1 heterocycles. The van der Waals surface area contributed by atoms with Gasteiger partial charge in [0.2, 0.25) is 0 Å². The number of rotatable bonds is 1. The van der Waals surface area contributed by atoms with Gasteiger partial charge in [-0.05, 0) is 55.0 Å². The van der Waals surface area contributed by atoms with Gasteiger partial charge in [-0.25, -0.2) is 0 Å².